The molecule has 0 aliphatic heterocycles. The fraction of sp³-hybridized carbons (Fsp3) is 0.417. The predicted octanol–water partition coefficient (Wildman–Crippen LogP) is 5.20. The molecule has 0 N–H and O–H groups in total. The lowest BCUT2D eigenvalue weighted by Gasteiger charge is -2.22. The number of thiazole rings is 1. The van der Waals surface area contributed by atoms with Crippen LogP contribution < -0.4 is 9.64 Å². The second-order valence-electron chi connectivity index (χ2n) is 8.77. The molecule has 6 heteroatoms. The molecule has 0 bridgehead atoms. The number of amides is 1. The number of carbonyl (C=O) groups excluding carboxylic acids is 1. The van der Waals surface area contributed by atoms with Gasteiger partial charge in [0.25, 0.3) is 5.91 Å². The molecule has 0 radical (unpaired) electrons. The Balaban J connectivity index is 1.92. The largest absolute Gasteiger partial charge is 0.497 e. The zero-order chi connectivity index (χ0) is 21.9. The Morgan fingerprint density at radius 1 is 1.07 bits per heavy atom. The lowest BCUT2D eigenvalue weighted by Crippen LogP contribution is -2.33. The van der Waals surface area contributed by atoms with Crippen molar-refractivity contribution in [3.8, 4) is 5.75 Å². The fourth-order valence-corrected chi connectivity index (χ4v) is 4.25. The minimum Gasteiger partial charge on any atom is -0.497 e. The van der Waals surface area contributed by atoms with Crippen molar-refractivity contribution in [2.45, 2.75) is 32.6 Å². The molecule has 0 fully saturated rings. The molecule has 0 atom stereocenters. The Morgan fingerprint density at radius 3 is 2.37 bits per heavy atom. The van der Waals surface area contributed by atoms with E-state index in [1.165, 1.54) is 16.9 Å². The van der Waals surface area contributed by atoms with Gasteiger partial charge in [-0.15, -0.1) is 0 Å². The maximum absolute atomic E-state index is 13.4. The van der Waals surface area contributed by atoms with E-state index in [2.05, 4.69) is 37.8 Å². The summed E-state index contributed by atoms with van der Waals surface area (Å²) in [7, 11) is 5.74. The van der Waals surface area contributed by atoms with E-state index in [-0.39, 0.29) is 11.3 Å². The van der Waals surface area contributed by atoms with Crippen molar-refractivity contribution in [2.75, 3.05) is 39.2 Å². The van der Waals surface area contributed by atoms with Crippen LogP contribution in [0.4, 0.5) is 5.13 Å². The Hall–Kier alpha value is -2.44. The first-order chi connectivity index (χ1) is 14.2. The average Bonchev–Trinajstić information content (AvgIpc) is 3.12. The second kappa shape index (κ2) is 9.14. The van der Waals surface area contributed by atoms with Crippen molar-refractivity contribution in [3.05, 3.63) is 53.6 Å². The van der Waals surface area contributed by atoms with Crippen LogP contribution in [0.1, 0.15) is 43.1 Å². The van der Waals surface area contributed by atoms with E-state index in [9.17, 15) is 4.79 Å². The summed E-state index contributed by atoms with van der Waals surface area (Å²) in [5, 5.41) is 0.724. The summed E-state index contributed by atoms with van der Waals surface area (Å²) in [4.78, 5) is 22.1. The first-order valence-corrected chi connectivity index (χ1v) is 11.0. The molecule has 0 saturated carbocycles. The average molecular weight is 426 g/mol. The molecular weight excluding hydrogens is 394 g/mol. The minimum absolute atomic E-state index is 0.0137. The first-order valence-electron chi connectivity index (χ1n) is 10.2. The summed E-state index contributed by atoms with van der Waals surface area (Å²) in [5.41, 5.74) is 2.83. The molecule has 30 heavy (non-hydrogen) atoms. The zero-order valence-electron chi connectivity index (χ0n) is 18.7. The van der Waals surface area contributed by atoms with Crippen LogP contribution in [0.2, 0.25) is 0 Å². The van der Waals surface area contributed by atoms with E-state index in [4.69, 9.17) is 9.72 Å². The van der Waals surface area contributed by atoms with Crippen LogP contribution in [-0.4, -0.2) is 50.1 Å². The Bertz CT molecular complexity index is 1000. The highest BCUT2D eigenvalue weighted by Crippen LogP contribution is 2.32. The quantitative estimate of drug-likeness (QED) is 0.522. The molecule has 1 heterocycles. The van der Waals surface area contributed by atoms with Crippen molar-refractivity contribution in [1.82, 2.24) is 9.88 Å². The lowest BCUT2D eigenvalue weighted by molar-refractivity contribution is 0.0986. The number of aromatic nitrogens is 1. The van der Waals surface area contributed by atoms with E-state index in [0.717, 1.165) is 34.1 Å². The molecule has 0 aliphatic carbocycles. The van der Waals surface area contributed by atoms with Crippen molar-refractivity contribution in [3.63, 3.8) is 0 Å². The van der Waals surface area contributed by atoms with Gasteiger partial charge in [0.05, 0.1) is 17.3 Å². The number of methoxy groups -OCH3 is 1. The lowest BCUT2D eigenvalue weighted by atomic mass is 9.86. The normalized spacial score (nSPS) is 11.8. The number of hydrogen-bond acceptors (Lipinski definition) is 5. The van der Waals surface area contributed by atoms with Crippen molar-refractivity contribution < 1.29 is 9.53 Å². The van der Waals surface area contributed by atoms with Gasteiger partial charge in [-0.05, 0) is 68.4 Å². The van der Waals surface area contributed by atoms with Crippen LogP contribution in [0.15, 0.2) is 42.5 Å². The van der Waals surface area contributed by atoms with Gasteiger partial charge in [0.1, 0.15) is 5.75 Å². The highest BCUT2D eigenvalue weighted by molar-refractivity contribution is 7.22. The number of ether oxygens (including phenoxy) is 1. The summed E-state index contributed by atoms with van der Waals surface area (Å²) < 4.78 is 6.34. The molecule has 1 amide bonds. The van der Waals surface area contributed by atoms with Gasteiger partial charge in [-0.3, -0.25) is 9.69 Å². The Morgan fingerprint density at radius 2 is 1.77 bits per heavy atom. The molecule has 0 spiro atoms. The third kappa shape index (κ3) is 5.18. The van der Waals surface area contributed by atoms with Crippen molar-refractivity contribution in [2.24, 2.45) is 0 Å². The van der Waals surface area contributed by atoms with Gasteiger partial charge < -0.3 is 9.64 Å². The number of carbonyl (C=O) groups is 1. The summed E-state index contributed by atoms with van der Waals surface area (Å²) >= 11 is 1.52. The monoisotopic (exact) mass is 425 g/mol. The third-order valence-corrected chi connectivity index (χ3v) is 6.09. The van der Waals surface area contributed by atoms with Crippen molar-refractivity contribution >= 4 is 32.6 Å². The first kappa shape index (κ1) is 22.2. The van der Waals surface area contributed by atoms with Gasteiger partial charge in [-0.2, -0.15) is 0 Å². The van der Waals surface area contributed by atoms with Gasteiger partial charge in [-0.1, -0.05) is 44.2 Å². The number of hydrogen-bond donors (Lipinski definition) is 0. The molecule has 1 aromatic heterocycles. The van der Waals surface area contributed by atoms with E-state index >= 15 is 0 Å². The maximum atomic E-state index is 13.4. The van der Waals surface area contributed by atoms with E-state index in [0.29, 0.717) is 12.1 Å². The topological polar surface area (TPSA) is 45.7 Å². The van der Waals surface area contributed by atoms with Crippen molar-refractivity contribution in [1.29, 1.82) is 0 Å². The van der Waals surface area contributed by atoms with Gasteiger partial charge >= 0.3 is 0 Å². The van der Waals surface area contributed by atoms with Crippen LogP contribution in [0, 0.1) is 0 Å². The summed E-state index contributed by atoms with van der Waals surface area (Å²) in [6, 6.07) is 13.8. The predicted molar refractivity (Wildman–Crippen MR) is 126 cm³/mol. The van der Waals surface area contributed by atoms with E-state index < -0.39 is 0 Å². The smallest absolute Gasteiger partial charge is 0.260 e. The standard InChI is InChI=1S/C24H31N3O2S/c1-24(2,3)18-10-8-17(9-11-18)22(28)27(15-7-14-26(4)5)23-25-20-13-12-19(29-6)16-21(20)30-23/h8-13,16H,7,14-15H2,1-6H3. The van der Waals surface area contributed by atoms with Gasteiger partial charge in [0.15, 0.2) is 5.13 Å². The number of fused-ring (bicyclic) bond motifs is 1. The van der Waals surface area contributed by atoms with E-state index in [1.54, 1.807) is 7.11 Å². The van der Waals surface area contributed by atoms with Gasteiger partial charge in [0, 0.05) is 12.1 Å². The Kier molecular flexibility index (Phi) is 6.78. The van der Waals surface area contributed by atoms with Crippen LogP contribution in [0.3, 0.4) is 0 Å². The number of anilines is 1. The molecule has 0 aliphatic rings. The number of nitrogens with zero attached hydrogens (tertiary/aromatic N) is 3. The summed E-state index contributed by atoms with van der Waals surface area (Å²) in [6.07, 6.45) is 0.873. The van der Waals surface area contributed by atoms with Crippen LogP contribution in [-0.2, 0) is 5.41 Å². The molecule has 0 unspecified atom stereocenters. The van der Waals surface area contributed by atoms with E-state index in [1.807, 2.05) is 49.3 Å². The molecule has 160 valence electrons. The van der Waals surface area contributed by atoms with Crippen LogP contribution >= 0.6 is 11.3 Å². The number of benzene rings is 2. The number of rotatable bonds is 7. The third-order valence-electron chi connectivity index (χ3n) is 5.05. The maximum Gasteiger partial charge on any atom is 0.260 e. The Labute approximate surface area is 183 Å². The molecule has 3 aromatic rings. The van der Waals surface area contributed by atoms with Gasteiger partial charge in [0.2, 0.25) is 0 Å². The molecule has 2 aromatic carbocycles. The molecular formula is C24H31N3O2S. The fourth-order valence-electron chi connectivity index (χ4n) is 3.23. The highest BCUT2D eigenvalue weighted by Gasteiger charge is 2.22. The molecule has 0 saturated heterocycles. The molecule has 5 nitrogen and oxygen atoms in total. The summed E-state index contributed by atoms with van der Waals surface area (Å²) in [6.45, 7) is 8.05. The van der Waals surface area contributed by atoms with Crippen LogP contribution in [0.5, 0.6) is 5.75 Å². The SMILES string of the molecule is COc1ccc2nc(N(CCCN(C)C)C(=O)c3ccc(C(C)(C)C)cc3)sc2c1. The summed E-state index contributed by atoms with van der Waals surface area (Å²) in [5.74, 6) is 0.779. The zero-order valence-corrected chi connectivity index (χ0v) is 19.5. The second-order valence-corrected chi connectivity index (χ2v) is 9.78. The highest BCUT2D eigenvalue weighted by atomic mass is 32.1. The molecule has 3 rings (SSSR count). The van der Waals surface area contributed by atoms with Gasteiger partial charge in [-0.25, -0.2) is 4.98 Å². The van der Waals surface area contributed by atoms with Crippen LogP contribution in [0.25, 0.3) is 10.2 Å². The minimum atomic E-state index is -0.0137.